The molecule has 1 heterocycles. The summed E-state index contributed by atoms with van der Waals surface area (Å²) in [7, 11) is 0. The first kappa shape index (κ1) is 14.3. The molecule has 1 aromatic carbocycles. The molecule has 1 atom stereocenters. The van der Waals surface area contributed by atoms with Gasteiger partial charge in [-0.05, 0) is 36.7 Å². The molecule has 0 aliphatic rings. The Labute approximate surface area is 123 Å². The van der Waals surface area contributed by atoms with Gasteiger partial charge in [0.05, 0.1) is 16.8 Å². The van der Waals surface area contributed by atoms with E-state index in [9.17, 15) is 0 Å². The van der Waals surface area contributed by atoms with E-state index >= 15 is 0 Å². The number of pyridine rings is 1. The molecule has 0 saturated carbocycles. The summed E-state index contributed by atoms with van der Waals surface area (Å²) in [5.74, 6) is 0. The molecule has 1 aromatic heterocycles. The van der Waals surface area contributed by atoms with Crippen molar-refractivity contribution in [3.63, 3.8) is 0 Å². The summed E-state index contributed by atoms with van der Waals surface area (Å²) >= 11 is 12.5. The van der Waals surface area contributed by atoms with Crippen LogP contribution in [0.2, 0.25) is 10.0 Å². The van der Waals surface area contributed by atoms with Gasteiger partial charge in [-0.15, -0.1) is 0 Å². The van der Waals surface area contributed by atoms with Crippen LogP contribution in [0.15, 0.2) is 42.6 Å². The SMILES string of the molecule is CCCNC(c1ccccc1Cl)c1ncccc1Cl. The van der Waals surface area contributed by atoms with E-state index in [1.165, 1.54) is 0 Å². The molecule has 2 rings (SSSR count). The number of hydrogen-bond acceptors (Lipinski definition) is 2. The van der Waals surface area contributed by atoms with Gasteiger partial charge in [0.1, 0.15) is 0 Å². The normalized spacial score (nSPS) is 12.4. The Morgan fingerprint density at radius 2 is 1.84 bits per heavy atom. The second-order valence-electron chi connectivity index (χ2n) is 4.28. The second-order valence-corrected chi connectivity index (χ2v) is 5.09. The fraction of sp³-hybridized carbons (Fsp3) is 0.267. The Morgan fingerprint density at radius 3 is 2.53 bits per heavy atom. The summed E-state index contributed by atoms with van der Waals surface area (Å²) in [6, 6.07) is 11.4. The standard InChI is InChI=1S/C15H16Cl2N2/c1-2-9-18-14(11-6-3-4-7-12(11)16)15-13(17)8-5-10-19-15/h3-8,10,14,18H,2,9H2,1H3. The number of hydrogen-bond donors (Lipinski definition) is 1. The van der Waals surface area contributed by atoms with Crippen LogP contribution in [0, 0.1) is 0 Å². The predicted molar refractivity (Wildman–Crippen MR) is 80.8 cm³/mol. The maximum atomic E-state index is 6.29. The van der Waals surface area contributed by atoms with Gasteiger partial charge in [-0.1, -0.05) is 48.3 Å². The minimum Gasteiger partial charge on any atom is -0.305 e. The molecule has 0 aliphatic heterocycles. The zero-order valence-corrected chi connectivity index (χ0v) is 12.2. The topological polar surface area (TPSA) is 24.9 Å². The third-order valence-electron chi connectivity index (χ3n) is 2.88. The van der Waals surface area contributed by atoms with Crippen molar-refractivity contribution in [3.05, 3.63) is 63.9 Å². The van der Waals surface area contributed by atoms with Crippen LogP contribution >= 0.6 is 23.2 Å². The smallest absolute Gasteiger partial charge is 0.0804 e. The van der Waals surface area contributed by atoms with Gasteiger partial charge >= 0.3 is 0 Å². The molecule has 0 radical (unpaired) electrons. The van der Waals surface area contributed by atoms with Crippen LogP contribution in [0.4, 0.5) is 0 Å². The van der Waals surface area contributed by atoms with E-state index in [1.807, 2.05) is 36.4 Å². The number of halogens is 2. The first-order valence-corrected chi connectivity index (χ1v) is 7.08. The van der Waals surface area contributed by atoms with E-state index in [4.69, 9.17) is 23.2 Å². The predicted octanol–water partition coefficient (Wildman–Crippen LogP) is 4.48. The Hall–Kier alpha value is -1.09. The van der Waals surface area contributed by atoms with Crippen LogP contribution in [-0.4, -0.2) is 11.5 Å². The first-order chi connectivity index (χ1) is 9.24. The van der Waals surface area contributed by atoms with Gasteiger partial charge in [0.15, 0.2) is 0 Å². The molecule has 2 nitrogen and oxygen atoms in total. The molecule has 2 aromatic rings. The molecular weight excluding hydrogens is 279 g/mol. The fourth-order valence-electron chi connectivity index (χ4n) is 1.96. The van der Waals surface area contributed by atoms with Crippen molar-refractivity contribution < 1.29 is 0 Å². The van der Waals surface area contributed by atoms with Crippen molar-refractivity contribution in [2.75, 3.05) is 6.54 Å². The monoisotopic (exact) mass is 294 g/mol. The summed E-state index contributed by atoms with van der Waals surface area (Å²) < 4.78 is 0. The number of nitrogens with one attached hydrogen (secondary N) is 1. The Bertz CT molecular complexity index is 498. The van der Waals surface area contributed by atoms with E-state index in [-0.39, 0.29) is 6.04 Å². The van der Waals surface area contributed by atoms with Gasteiger partial charge in [0.25, 0.3) is 0 Å². The van der Waals surface area contributed by atoms with Crippen LogP contribution < -0.4 is 5.32 Å². The highest BCUT2D eigenvalue weighted by molar-refractivity contribution is 6.32. The molecule has 100 valence electrons. The zero-order chi connectivity index (χ0) is 13.7. The summed E-state index contributed by atoms with van der Waals surface area (Å²) in [6.07, 6.45) is 2.78. The highest BCUT2D eigenvalue weighted by Crippen LogP contribution is 2.30. The van der Waals surface area contributed by atoms with Crippen molar-refractivity contribution in [1.82, 2.24) is 10.3 Å². The molecule has 19 heavy (non-hydrogen) atoms. The number of aromatic nitrogens is 1. The van der Waals surface area contributed by atoms with E-state index in [2.05, 4.69) is 17.2 Å². The lowest BCUT2D eigenvalue weighted by molar-refractivity contribution is 0.587. The Morgan fingerprint density at radius 1 is 1.11 bits per heavy atom. The lowest BCUT2D eigenvalue weighted by Crippen LogP contribution is -2.24. The van der Waals surface area contributed by atoms with Crippen LogP contribution in [0.1, 0.15) is 30.6 Å². The highest BCUT2D eigenvalue weighted by Gasteiger charge is 2.19. The summed E-state index contributed by atoms with van der Waals surface area (Å²) in [4.78, 5) is 4.40. The van der Waals surface area contributed by atoms with Crippen molar-refractivity contribution in [1.29, 1.82) is 0 Å². The number of nitrogens with zero attached hydrogens (tertiary/aromatic N) is 1. The van der Waals surface area contributed by atoms with Gasteiger partial charge in [0, 0.05) is 11.2 Å². The summed E-state index contributed by atoms with van der Waals surface area (Å²) in [5.41, 5.74) is 1.81. The third-order valence-corrected chi connectivity index (χ3v) is 3.54. The number of rotatable bonds is 5. The second kappa shape index (κ2) is 6.90. The summed E-state index contributed by atoms with van der Waals surface area (Å²) in [6.45, 7) is 3.00. The minimum absolute atomic E-state index is 0.0812. The Kier molecular flexibility index (Phi) is 5.20. The molecule has 0 aliphatic carbocycles. The van der Waals surface area contributed by atoms with Gasteiger partial charge in [0.2, 0.25) is 0 Å². The van der Waals surface area contributed by atoms with Crippen LogP contribution in [0.5, 0.6) is 0 Å². The first-order valence-electron chi connectivity index (χ1n) is 6.32. The van der Waals surface area contributed by atoms with Gasteiger partial charge in [-0.2, -0.15) is 0 Å². The molecule has 1 N–H and O–H groups in total. The van der Waals surface area contributed by atoms with Crippen molar-refractivity contribution in [3.8, 4) is 0 Å². The van der Waals surface area contributed by atoms with Crippen LogP contribution in [0.3, 0.4) is 0 Å². The van der Waals surface area contributed by atoms with E-state index in [1.54, 1.807) is 6.20 Å². The quantitative estimate of drug-likeness (QED) is 0.880. The molecule has 0 bridgehead atoms. The van der Waals surface area contributed by atoms with E-state index in [0.717, 1.165) is 29.2 Å². The van der Waals surface area contributed by atoms with Gasteiger partial charge in [-0.3, -0.25) is 4.98 Å². The van der Waals surface area contributed by atoms with Crippen molar-refractivity contribution in [2.24, 2.45) is 0 Å². The van der Waals surface area contributed by atoms with Gasteiger partial charge in [-0.25, -0.2) is 0 Å². The lowest BCUT2D eigenvalue weighted by Gasteiger charge is -2.20. The largest absolute Gasteiger partial charge is 0.305 e. The van der Waals surface area contributed by atoms with Gasteiger partial charge < -0.3 is 5.32 Å². The van der Waals surface area contributed by atoms with Crippen molar-refractivity contribution >= 4 is 23.2 Å². The van der Waals surface area contributed by atoms with Crippen LogP contribution in [0.25, 0.3) is 0 Å². The van der Waals surface area contributed by atoms with E-state index < -0.39 is 0 Å². The number of benzene rings is 1. The third kappa shape index (κ3) is 3.47. The molecule has 4 heteroatoms. The fourth-order valence-corrected chi connectivity index (χ4v) is 2.44. The van der Waals surface area contributed by atoms with E-state index in [0.29, 0.717) is 5.02 Å². The summed E-state index contributed by atoms with van der Waals surface area (Å²) in [5, 5.41) is 4.82. The average Bonchev–Trinajstić information content (AvgIpc) is 2.42. The maximum Gasteiger partial charge on any atom is 0.0804 e. The molecule has 0 fully saturated rings. The van der Waals surface area contributed by atoms with Crippen LogP contribution in [-0.2, 0) is 0 Å². The molecule has 0 spiro atoms. The lowest BCUT2D eigenvalue weighted by atomic mass is 10.0. The molecule has 1 unspecified atom stereocenters. The average molecular weight is 295 g/mol. The Balaban J connectivity index is 2.42. The van der Waals surface area contributed by atoms with Crippen molar-refractivity contribution in [2.45, 2.75) is 19.4 Å². The molecule has 0 amide bonds. The highest BCUT2D eigenvalue weighted by atomic mass is 35.5. The minimum atomic E-state index is -0.0812. The molecular formula is C15H16Cl2N2. The zero-order valence-electron chi connectivity index (χ0n) is 10.7. The maximum absolute atomic E-state index is 6.29. The molecule has 0 saturated heterocycles.